The Morgan fingerprint density at radius 1 is 1.41 bits per heavy atom. The molecule has 0 aromatic carbocycles. The van der Waals surface area contributed by atoms with Crippen LogP contribution >= 0.6 is 11.3 Å². The lowest BCUT2D eigenvalue weighted by molar-refractivity contribution is 0.151. The molecule has 22 heavy (non-hydrogen) atoms. The van der Waals surface area contributed by atoms with Gasteiger partial charge in [0, 0.05) is 38.0 Å². The zero-order chi connectivity index (χ0) is 15.6. The summed E-state index contributed by atoms with van der Waals surface area (Å²) in [5.74, 6) is 1.08. The average Bonchev–Trinajstić information content (AvgIpc) is 3.07. The highest BCUT2D eigenvalue weighted by Gasteiger charge is 2.43. The van der Waals surface area contributed by atoms with Gasteiger partial charge in [0.25, 0.3) is 0 Å². The number of hydrogen-bond donors (Lipinski definition) is 1. The summed E-state index contributed by atoms with van der Waals surface area (Å²) in [4.78, 5) is 13.0. The zero-order valence-corrected chi connectivity index (χ0v) is 14.9. The number of nitrogens with zero attached hydrogens (tertiary/aromatic N) is 3. The first-order valence-electron chi connectivity index (χ1n) is 8.56. The first-order chi connectivity index (χ1) is 10.7. The summed E-state index contributed by atoms with van der Waals surface area (Å²) >= 11 is 1.84. The van der Waals surface area contributed by atoms with E-state index in [1.165, 1.54) is 47.8 Å². The summed E-state index contributed by atoms with van der Waals surface area (Å²) in [5, 5.41) is 4.78. The number of aryl methyl sites for hydroxylation is 2. The Hall–Kier alpha value is -1.10. The van der Waals surface area contributed by atoms with E-state index < -0.39 is 0 Å². The third kappa shape index (κ3) is 3.14. The minimum atomic E-state index is 0.625. The number of rotatable bonds is 4. The van der Waals surface area contributed by atoms with Gasteiger partial charge in [-0.25, -0.2) is 4.98 Å². The van der Waals surface area contributed by atoms with Crippen LogP contribution in [0.4, 0.5) is 0 Å². The van der Waals surface area contributed by atoms with Gasteiger partial charge < -0.3 is 10.2 Å². The van der Waals surface area contributed by atoms with Crippen LogP contribution < -0.4 is 5.32 Å². The summed E-state index contributed by atoms with van der Waals surface area (Å²) in [6.07, 6.45) is 7.62. The van der Waals surface area contributed by atoms with Crippen molar-refractivity contribution in [3.05, 3.63) is 15.6 Å². The summed E-state index contributed by atoms with van der Waals surface area (Å²) in [5.41, 5.74) is 1.89. The molecular formula is C17H28N4S. The quantitative estimate of drug-likeness (QED) is 0.685. The number of thiazole rings is 1. The molecule has 0 bridgehead atoms. The van der Waals surface area contributed by atoms with Crippen molar-refractivity contribution >= 4 is 17.3 Å². The van der Waals surface area contributed by atoms with Crippen LogP contribution in [0.1, 0.15) is 48.2 Å². The molecule has 2 aliphatic rings. The molecular weight excluding hydrogens is 292 g/mol. The van der Waals surface area contributed by atoms with Crippen LogP contribution in [-0.2, 0) is 12.8 Å². The van der Waals surface area contributed by atoms with Gasteiger partial charge >= 0.3 is 0 Å². The molecule has 1 aromatic rings. The van der Waals surface area contributed by atoms with E-state index in [0.29, 0.717) is 5.41 Å². The van der Waals surface area contributed by atoms with Crippen LogP contribution in [0.2, 0.25) is 0 Å². The summed E-state index contributed by atoms with van der Waals surface area (Å²) in [6, 6.07) is 0. The van der Waals surface area contributed by atoms with Crippen molar-refractivity contribution in [3.8, 4) is 0 Å². The molecule has 0 unspecified atom stereocenters. The van der Waals surface area contributed by atoms with E-state index in [0.717, 1.165) is 31.9 Å². The smallest absolute Gasteiger partial charge is 0.193 e. The molecule has 4 nitrogen and oxygen atoms in total. The van der Waals surface area contributed by atoms with E-state index in [9.17, 15) is 0 Å². The zero-order valence-electron chi connectivity index (χ0n) is 14.1. The highest BCUT2D eigenvalue weighted by molar-refractivity contribution is 7.11. The van der Waals surface area contributed by atoms with E-state index >= 15 is 0 Å². The fourth-order valence-electron chi connectivity index (χ4n) is 3.74. The van der Waals surface area contributed by atoms with Gasteiger partial charge in [-0.3, -0.25) is 4.99 Å². The highest BCUT2D eigenvalue weighted by Crippen LogP contribution is 2.47. The SMILES string of the molecule is CCc1nc(CCNC(=NC)N2CCC3(CCC3)C2)sc1C. The van der Waals surface area contributed by atoms with Crippen molar-refractivity contribution in [1.82, 2.24) is 15.2 Å². The van der Waals surface area contributed by atoms with Gasteiger partial charge in [-0.05, 0) is 38.0 Å². The summed E-state index contributed by atoms with van der Waals surface area (Å²) < 4.78 is 0. The van der Waals surface area contributed by atoms with Crippen LogP contribution in [0.15, 0.2) is 4.99 Å². The van der Waals surface area contributed by atoms with Crippen LogP contribution in [-0.4, -0.2) is 42.5 Å². The lowest BCUT2D eigenvalue weighted by Crippen LogP contribution is -2.43. The maximum Gasteiger partial charge on any atom is 0.193 e. The molecule has 0 amide bonds. The largest absolute Gasteiger partial charge is 0.356 e. The molecule has 1 saturated carbocycles. The van der Waals surface area contributed by atoms with Crippen molar-refractivity contribution in [2.75, 3.05) is 26.7 Å². The number of likely N-dealkylation sites (tertiary alicyclic amines) is 1. The Bertz CT molecular complexity index is 545. The summed E-state index contributed by atoms with van der Waals surface area (Å²) in [6.45, 7) is 7.63. The van der Waals surface area contributed by atoms with Crippen molar-refractivity contribution in [1.29, 1.82) is 0 Å². The Kier molecular flexibility index (Phi) is 4.71. The van der Waals surface area contributed by atoms with Gasteiger partial charge in [0.05, 0.1) is 10.7 Å². The molecule has 1 spiro atoms. The van der Waals surface area contributed by atoms with Gasteiger partial charge in [0.15, 0.2) is 5.96 Å². The van der Waals surface area contributed by atoms with E-state index in [1.807, 2.05) is 18.4 Å². The topological polar surface area (TPSA) is 40.5 Å². The minimum absolute atomic E-state index is 0.625. The molecule has 2 heterocycles. The van der Waals surface area contributed by atoms with Gasteiger partial charge in [-0.15, -0.1) is 11.3 Å². The maximum atomic E-state index is 4.72. The lowest BCUT2D eigenvalue weighted by atomic mass is 9.68. The fraction of sp³-hybridized carbons (Fsp3) is 0.765. The van der Waals surface area contributed by atoms with Crippen LogP contribution in [0, 0.1) is 12.3 Å². The third-order valence-electron chi connectivity index (χ3n) is 5.26. The van der Waals surface area contributed by atoms with Crippen molar-refractivity contribution in [2.45, 2.75) is 52.4 Å². The lowest BCUT2D eigenvalue weighted by Gasteiger charge is -2.38. The van der Waals surface area contributed by atoms with E-state index in [1.54, 1.807) is 0 Å². The second kappa shape index (κ2) is 6.57. The number of hydrogen-bond acceptors (Lipinski definition) is 3. The third-order valence-corrected chi connectivity index (χ3v) is 6.33. The van der Waals surface area contributed by atoms with Crippen LogP contribution in [0.5, 0.6) is 0 Å². The highest BCUT2D eigenvalue weighted by atomic mass is 32.1. The molecule has 122 valence electrons. The normalized spacial score (nSPS) is 20.5. The predicted molar refractivity (Wildman–Crippen MR) is 93.8 cm³/mol. The van der Waals surface area contributed by atoms with Crippen LogP contribution in [0.25, 0.3) is 0 Å². The van der Waals surface area contributed by atoms with Gasteiger partial charge in [0.1, 0.15) is 0 Å². The Morgan fingerprint density at radius 3 is 2.77 bits per heavy atom. The Morgan fingerprint density at radius 2 is 2.23 bits per heavy atom. The molecule has 3 rings (SSSR count). The van der Waals surface area contributed by atoms with Gasteiger partial charge in [-0.1, -0.05) is 13.3 Å². The number of guanidine groups is 1. The molecule has 1 saturated heterocycles. The summed E-state index contributed by atoms with van der Waals surface area (Å²) in [7, 11) is 1.90. The van der Waals surface area contributed by atoms with Crippen molar-refractivity contribution in [2.24, 2.45) is 10.4 Å². The van der Waals surface area contributed by atoms with Crippen LogP contribution in [0.3, 0.4) is 0 Å². The second-order valence-corrected chi connectivity index (χ2v) is 8.00. The fourth-order valence-corrected chi connectivity index (χ4v) is 4.76. The molecule has 2 fully saturated rings. The van der Waals surface area contributed by atoms with E-state index in [2.05, 4.69) is 29.1 Å². The number of aromatic nitrogens is 1. The molecule has 5 heteroatoms. The maximum absolute atomic E-state index is 4.72. The van der Waals surface area contributed by atoms with Crippen molar-refractivity contribution in [3.63, 3.8) is 0 Å². The second-order valence-electron chi connectivity index (χ2n) is 6.71. The molecule has 0 radical (unpaired) electrons. The first-order valence-corrected chi connectivity index (χ1v) is 9.38. The van der Waals surface area contributed by atoms with Gasteiger partial charge in [-0.2, -0.15) is 0 Å². The Labute approximate surface area is 138 Å². The first kappa shape index (κ1) is 15.8. The number of nitrogens with one attached hydrogen (secondary N) is 1. The van der Waals surface area contributed by atoms with Gasteiger partial charge in [0.2, 0.25) is 0 Å². The molecule has 1 aliphatic heterocycles. The monoisotopic (exact) mass is 320 g/mol. The average molecular weight is 321 g/mol. The Balaban J connectivity index is 1.49. The van der Waals surface area contributed by atoms with Crippen molar-refractivity contribution < 1.29 is 0 Å². The number of aliphatic imine (C=N–C) groups is 1. The molecule has 1 aromatic heterocycles. The predicted octanol–water partition coefficient (Wildman–Crippen LogP) is 3.01. The molecule has 1 N–H and O–H groups in total. The molecule has 0 atom stereocenters. The minimum Gasteiger partial charge on any atom is -0.356 e. The standard InChI is InChI=1S/C17H28N4S/c1-4-14-13(2)22-15(20-14)6-10-19-16(18-3)21-11-9-17(12-21)7-5-8-17/h4-12H2,1-3H3,(H,18,19). The van der Waals surface area contributed by atoms with E-state index in [4.69, 9.17) is 4.98 Å². The molecule has 1 aliphatic carbocycles. The van der Waals surface area contributed by atoms with E-state index in [-0.39, 0.29) is 0 Å².